The van der Waals surface area contributed by atoms with E-state index in [2.05, 4.69) is 0 Å². The minimum absolute atomic E-state index is 0.139. The van der Waals surface area contributed by atoms with Gasteiger partial charge in [0.2, 0.25) is 0 Å². The van der Waals surface area contributed by atoms with Crippen molar-refractivity contribution < 1.29 is 19.7 Å². The third-order valence-corrected chi connectivity index (χ3v) is 1.60. The molecule has 16 heavy (non-hydrogen) atoms. The van der Waals surface area contributed by atoms with Gasteiger partial charge in [-0.1, -0.05) is 25.1 Å². The summed E-state index contributed by atoms with van der Waals surface area (Å²) in [5, 5.41) is 16.6. The zero-order valence-electron chi connectivity index (χ0n) is 9.43. The first-order chi connectivity index (χ1) is 7.72. The molecule has 1 aromatic rings. The first kappa shape index (κ1) is 14.6. The molecule has 2 N–H and O–H groups in total. The molecule has 0 aliphatic carbocycles. The highest BCUT2D eigenvalue weighted by Gasteiger charge is 1.96. The van der Waals surface area contributed by atoms with Crippen molar-refractivity contribution in [2.45, 2.75) is 13.3 Å². The summed E-state index contributed by atoms with van der Waals surface area (Å²) in [7, 11) is 0. The zero-order chi connectivity index (χ0) is 12.2. The van der Waals surface area contributed by atoms with Crippen LogP contribution in [0.2, 0.25) is 0 Å². The van der Waals surface area contributed by atoms with E-state index in [1.807, 2.05) is 6.92 Å². The first-order valence-corrected chi connectivity index (χ1v) is 5.19. The Balaban J connectivity index is 0.000000293. The van der Waals surface area contributed by atoms with Crippen molar-refractivity contribution in [1.29, 1.82) is 0 Å². The SMILES string of the molecule is CCCOCCO.O=C(O)c1ccccc1. The number of rotatable bonds is 5. The fraction of sp³-hybridized carbons (Fsp3) is 0.417. The molecular formula is C12H18O4. The Hall–Kier alpha value is -1.39. The molecule has 0 spiro atoms. The molecule has 0 heterocycles. The summed E-state index contributed by atoms with van der Waals surface area (Å²) in [5.74, 6) is -0.879. The molecule has 0 aliphatic rings. The molecular weight excluding hydrogens is 208 g/mol. The van der Waals surface area contributed by atoms with Gasteiger partial charge >= 0.3 is 5.97 Å². The number of aliphatic hydroxyl groups excluding tert-OH is 1. The lowest BCUT2D eigenvalue weighted by Crippen LogP contribution is -1.98. The molecule has 90 valence electrons. The second-order valence-electron chi connectivity index (χ2n) is 3.01. The topological polar surface area (TPSA) is 66.8 Å². The van der Waals surface area contributed by atoms with E-state index >= 15 is 0 Å². The molecule has 0 saturated heterocycles. The Morgan fingerprint density at radius 3 is 2.25 bits per heavy atom. The molecule has 0 saturated carbocycles. The van der Waals surface area contributed by atoms with Crippen LogP contribution in [0.5, 0.6) is 0 Å². The molecule has 0 unspecified atom stereocenters. The van der Waals surface area contributed by atoms with Gasteiger partial charge in [0.1, 0.15) is 0 Å². The lowest BCUT2D eigenvalue weighted by Gasteiger charge is -1.94. The molecule has 0 radical (unpaired) electrons. The van der Waals surface area contributed by atoms with Crippen molar-refractivity contribution in [3.8, 4) is 0 Å². The summed E-state index contributed by atoms with van der Waals surface area (Å²) in [5.41, 5.74) is 0.331. The van der Waals surface area contributed by atoms with Crippen LogP contribution < -0.4 is 0 Å². The van der Waals surface area contributed by atoms with Crippen LogP contribution >= 0.6 is 0 Å². The Kier molecular flexibility index (Phi) is 9.26. The summed E-state index contributed by atoms with van der Waals surface area (Å²) in [6, 6.07) is 8.30. The monoisotopic (exact) mass is 226 g/mol. The van der Waals surface area contributed by atoms with Gasteiger partial charge in [-0.25, -0.2) is 4.79 Å². The molecule has 0 fully saturated rings. The van der Waals surface area contributed by atoms with Crippen LogP contribution in [0.25, 0.3) is 0 Å². The average molecular weight is 226 g/mol. The van der Waals surface area contributed by atoms with E-state index in [-0.39, 0.29) is 6.61 Å². The predicted octanol–water partition coefficient (Wildman–Crippen LogP) is 1.79. The summed E-state index contributed by atoms with van der Waals surface area (Å²) in [6.45, 7) is 3.42. The molecule has 0 aromatic heterocycles. The minimum Gasteiger partial charge on any atom is -0.478 e. The van der Waals surface area contributed by atoms with Crippen molar-refractivity contribution in [1.82, 2.24) is 0 Å². The van der Waals surface area contributed by atoms with Gasteiger partial charge in [0, 0.05) is 6.61 Å². The lowest BCUT2D eigenvalue weighted by atomic mass is 10.2. The highest BCUT2D eigenvalue weighted by atomic mass is 16.5. The molecule has 0 bridgehead atoms. The zero-order valence-corrected chi connectivity index (χ0v) is 9.43. The predicted molar refractivity (Wildman–Crippen MR) is 61.6 cm³/mol. The Bertz CT molecular complexity index is 268. The Morgan fingerprint density at radius 1 is 1.25 bits per heavy atom. The van der Waals surface area contributed by atoms with Crippen LogP contribution in [0, 0.1) is 0 Å². The number of aliphatic hydroxyl groups is 1. The molecule has 0 amide bonds. The van der Waals surface area contributed by atoms with E-state index in [9.17, 15) is 4.79 Å². The summed E-state index contributed by atoms with van der Waals surface area (Å²) >= 11 is 0. The van der Waals surface area contributed by atoms with Crippen molar-refractivity contribution in [3.63, 3.8) is 0 Å². The average Bonchev–Trinajstić information content (AvgIpc) is 2.32. The van der Waals surface area contributed by atoms with Crippen molar-refractivity contribution >= 4 is 5.97 Å². The second-order valence-corrected chi connectivity index (χ2v) is 3.01. The van der Waals surface area contributed by atoms with E-state index in [0.717, 1.165) is 13.0 Å². The quantitative estimate of drug-likeness (QED) is 0.751. The Labute approximate surface area is 95.5 Å². The summed E-state index contributed by atoms with van der Waals surface area (Å²) in [6.07, 6.45) is 1.03. The van der Waals surface area contributed by atoms with Crippen molar-refractivity contribution in [3.05, 3.63) is 35.9 Å². The second kappa shape index (κ2) is 10.1. The number of carbonyl (C=O) groups is 1. The molecule has 1 rings (SSSR count). The number of ether oxygens (including phenoxy) is 1. The molecule has 1 aromatic carbocycles. The normalized spacial score (nSPS) is 9.12. The van der Waals surface area contributed by atoms with E-state index in [0.29, 0.717) is 12.2 Å². The van der Waals surface area contributed by atoms with Gasteiger partial charge in [0.25, 0.3) is 0 Å². The van der Waals surface area contributed by atoms with E-state index < -0.39 is 5.97 Å². The Morgan fingerprint density at radius 2 is 1.88 bits per heavy atom. The van der Waals surface area contributed by atoms with Gasteiger partial charge in [-0.3, -0.25) is 0 Å². The van der Waals surface area contributed by atoms with E-state index in [1.54, 1.807) is 30.3 Å². The lowest BCUT2D eigenvalue weighted by molar-refractivity contribution is 0.0697. The molecule has 0 atom stereocenters. The third kappa shape index (κ3) is 7.96. The minimum atomic E-state index is -0.879. The maximum atomic E-state index is 10.2. The molecule has 0 aliphatic heterocycles. The maximum Gasteiger partial charge on any atom is 0.335 e. The highest BCUT2D eigenvalue weighted by molar-refractivity contribution is 5.87. The fourth-order valence-electron chi connectivity index (χ4n) is 0.892. The van der Waals surface area contributed by atoms with Gasteiger partial charge in [-0.05, 0) is 18.6 Å². The smallest absolute Gasteiger partial charge is 0.335 e. The van der Waals surface area contributed by atoms with Crippen molar-refractivity contribution in [2.75, 3.05) is 19.8 Å². The maximum absolute atomic E-state index is 10.2. The van der Waals surface area contributed by atoms with Crippen LogP contribution in [0.1, 0.15) is 23.7 Å². The number of aromatic carboxylic acids is 1. The largest absolute Gasteiger partial charge is 0.478 e. The fourth-order valence-corrected chi connectivity index (χ4v) is 0.892. The summed E-state index contributed by atoms with van der Waals surface area (Å²) < 4.78 is 4.88. The number of hydrogen-bond acceptors (Lipinski definition) is 3. The summed E-state index contributed by atoms with van der Waals surface area (Å²) in [4.78, 5) is 10.2. The number of carboxylic acid groups (broad SMARTS) is 1. The van der Waals surface area contributed by atoms with Crippen LogP contribution in [0.3, 0.4) is 0 Å². The van der Waals surface area contributed by atoms with Crippen molar-refractivity contribution in [2.24, 2.45) is 0 Å². The highest BCUT2D eigenvalue weighted by Crippen LogP contribution is 1.96. The van der Waals surface area contributed by atoms with Gasteiger partial charge in [-0.15, -0.1) is 0 Å². The third-order valence-electron chi connectivity index (χ3n) is 1.60. The molecule has 4 nitrogen and oxygen atoms in total. The van der Waals surface area contributed by atoms with Gasteiger partial charge in [-0.2, -0.15) is 0 Å². The van der Waals surface area contributed by atoms with Gasteiger partial charge in [0.05, 0.1) is 18.8 Å². The molecule has 4 heteroatoms. The van der Waals surface area contributed by atoms with E-state index in [1.165, 1.54) is 0 Å². The number of benzene rings is 1. The van der Waals surface area contributed by atoms with Crippen LogP contribution in [-0.2, 0) is 4.74 Å². The van der Waals surface area contributed by atoms with Crippen LogP contribution in [-0.4, -0.2) is 36.0 Å². The van der Waals surface area contributed by atoms with E-state index in [4.69, 9.17) is 14.9 Å². The van der Waals surface area contributed by atoms with Crippen LogP contribution in [0.15, 0.2) is 30.3 Å². The van der Waals surface area contributed by atoms with Crippen LogP contribution in [0.4, 0.5) is 0 Å². The van der Waals surface area contributed by atoms with Gasteiger partial charge < -0.3 is 14.9 Å². The standard InChI is InChI=1S/C7H6O2.C5H12O2/c8-7(9)6-4-2-1-3-5-6;1-2-4-7-5-3-6/h1-5H,(H,8,9);6H,2-5H2,1H3. The van der Waals surface area contributed by atoms with Gasteiger partial charge in [0.15, 0.2) is 0 Å². The number of hydrogen-bond donors (Lipinski definition) is 2. The number of carboxylic acids is 1. The first-order valence-electron chi connectivity index (χ1n) is 5.19.